The van der Waals surface area contributed by atoms with Gasteiger partial charge in [0.05, 0.1) is 4.90 Å². The van der Waals surface area contributed by atoms with Crippen LogP contribution in [-0.2, 0) is 10.0 Å². The molecule has 0 aliphatic carbocycles. The predicted molar refractivity (Wildman–Crippen MR) is 87.9 cm³/mol. The van der Waals surface area contributed by atoms with E-state index in [1.54, 1.807) is 30.0 Å². The summed E-state index contributed by atoms with van der Waals surface area (Å²) >= 11 is 1.60. The van der Waals surface area contributed by atoms with Gasteiger partial charge in [-0.05, 0) is 44.7 Å². The van der Waals surface area contributed by atoms with Crippen LogP contribution in [-0.4, -0.2) is 37.7 Å². The van der Waals surface area contributed by atoms with E-state index in [1.165, 1.54) is 0 Å². The van der Waals surface area contributed by atoms with Gasteiger partial charge in [-0.15, -0.1) is 0 Å². The molecule has 0 atom stereocenters. The van der Waals surface area contributed by atoms with Crippen LogP contribution in [0.1, 0.15) is 25.0 Å². The minimum absolute atomic E-state index is 0.144. The Hall–Kier alpha value is -1.00. The highest BCUT2D eigenvalue weighted by molar-refractivity contribution is 8.00. The first-order valence-electron chi connectivity index (χ1n) is 6.47. The molecule has 0 aliphatic rings. The third-order valence-electron chi connectivity index (χ3n) is 2.97. The average Bonchev–Trinajstić information content (AvgIpc) is 2.43. The fourth-order valence-electron chi connectivity index (χ4n) is 1.53. The molecule has 0 amide bonds. The second kappa shape index (κ2) is 7.32. The average molecular weight is 327 g/mol. The summed E-state index contributed by atoms with van der Waals surface area (Å²) < 4.78 is 27.3. The van der Waals surface area contributed by atoms with Crippen molar-refractivity contribution in [2.45, 2.75) is 30.4 Å². The summed E-state index contributed by atoms with van der Waals surface area (Å²) in [6.45, 7) is 5.84. The van der Waals surface area contributed by atoms with Gasteiger partial charge in [-0.25, -0.2) is 13.1 Å². The summed E-state index contributed by atoms with van der Waals surface area (Å²) in [5, 5.41) is 8.79. The minimum atomic E-state index is -3.63. The van der Waals surface area contributed by atoms with Gasteiger partial charge in [0.1, 0.15) is 6.61 Å². The van der Waals surface area contributed by atoms with Crippen molar-refractivity contribution in [2.24, 2.45) is 0 Å². The molecule has 6 heteroatoms. The van der Waals surface area contributed by atoms with E-state index in [9.17, 15) is 8.42 Å². The van der Waals surface area contributed by atoms with Gasteiger partial charge >= 0.3 is 0 Å². The standard InChI is InChI=1S/C15H21NO3S2/c1-12-7-8-14(13(10-12)6-5-9-17)21(18,19)16-11-15(2,3)20-4/h7-8,10,16-17H,9,11H2,1-4H3. The molecule has 0 unspecified atom stereocenters. The quantitative estimate of drug-likeness (QED) is 0.809. The summed E-state index contributed by atoms with van der Waals surface area (Å²) in [4.78, 5) is 0.144. The van der Waals surface area contributed by atoms with Crippen LogP contribution < -0.4 is 4.72 Å². The summed E-state index contributed by atoms with van der Waals surface area (Å²) in [6.07, 6.45) is 1.94. The molecule has 0 saturated carbocycles. The van der Waals surface area contributed by atoms with Crippen molar-refractivity contribution in [2.75, 3.05) is 19.4 Å². The van der Waals surface area contributed by atoms with E-state index in [4.69, 9.17) is 5.11 Å². The summed E-state index contributed by atoms with van der Waals surface area (Å²) in [5.41, 5.74) is 1.32. The molecule has 1 aromatic rings. The number of sulfonamides is 1. The summed E-state index contributed by atoms with van der Waals surface area (Å²) in [6, 6.07) is 4.99. The number of nitrogens with one attached hydrogen (secondary N) is 1. The van der Waals surface area contributed by atoms with E-state index in [1.807, 2.05) is 27.0 Å². The van der Waals surface area contributed by atoms with Crippen LogP contribution in [0.2, 0.25) is 0 Å². The van der Waals surface area contributed by atoms with Crippen molar-refractivity contribution in [3.05, 3.63) is 29.3 Å². The molecule has 0 aromatic heterocycles. The maximum atomic E-state index is 12.4. The van der Waals surface area contributed by atoms with Gasteiger partial charge in [-0.3, -0.25) is 0 Å². The maximum Gasteiger partial charge on any atom is 0.241 e. The van der Waals surface area contributed by atoms with E-state index in [2.05, 4.69) is 16.6 Å². The van der Waals surface area contributed by atoms with Gasteiger partial charge in [-0.2, -0.15) is 11.8 Å². The smallest absolute Gasteiger partial charge is 0.241 e. The fourth-order valence-corrected chi connectivity index (χ4v) is 3.19. The highest BCUT2D eigenvalue weighted by Gasteiger charge is 2.23. The molecule has 0 heterocycles. The number of rotatable bonds is 5. The van der Waals surface area contributed by atoms with Crippen molar-refractivity contribution < 1.29 is 13.5 Å². The Bertz CT molecular complexity index is 655. The minimum Gasteiger partial charge on any atom is -0.384 e. The Morgan fingerprint density at radius 1 is 1.38 bits per heavy atom. The number of hydrogen-bond acceptors (Lipinski definition) is 4. The zero-order chi connectivity index (χ0) is 16.1. The molecule has 116 valence electrons. The lowest BCUT2D eigenvalue weighted by atomic mass is 10.1. The van der Waals surface area contributed by atoms with Gasteiger partial charge in [-0.1, -0.05) is 17.9 Å². The van der Waals surface area contributed by atoms with E-state index < -0.39 is 10.0 Å². The number of aliphatic hydroxyl groups is 1. The number of hydrogen-bond donors (Lipinski definition) is 2. The third-order valence-corrected chi connectivity index (χ3v) is 5.68. The number of aliphatic hydroxyl groups excluding tert-OH is 1. The molecule has 4 nitrogen and oxygen atoms in total. The summed E-state index contributed by atoms with van der Waals surface area (Å²) in [5.74, 6) is 5.19. The van der Waals surface area contributed by atoms with Crippen LogP contribution in [0.5, 0.6) is 0 Å². The van der Waals surface area contributed by atoms with Crippen molar-refractivity contribution in [1.29, 1.82) is 0 Å². The van der Waals surface area contributed by atoms with E-state index in [-0.39, 0.29) is 16.2 Å². The van der Waals surface area contributed by atoms with E-state index >= 15 is 0 Å². The lowest BCUT2D eigenvalue weighted by molar-refractivity contribution is 0.350. The van der Waals surface area contributed by atoms with E-state index in [0.29, 0.717) is 12.1 Å². The zero-order valence-electron chi connectivity index (χ0n) is 12.7. The predicted octanol–water partition coefficient (Wildman–Crippen LogP) is 1.76. The highest BCUT2D eigenvalue weighted by atomic mass is 32.2. The van der Waals surface area contributed by atoms with Crippen molar-refractivity contribution >= 4 is 21.8 Å². The van der Waals surface area contributed by atoms with Crippen LogP contribution in [0.25, 0.3) is 0 Å². The van der Waals surface area contributed by atoms with E-state index in [0.717, 1.165) is 5.56 Å². The van der Waals surface area contributed by atoms with Gasteiger partial charge in [0.2, 0.25) is 10.0 Å². The topological polar surface area (TPSA) is 66.4 Å². The van der Waals surface area contributed by atoms with Gasteiger partial charge in [0.15, 0.2) is 0 Å². The third kappa shape index (κ3) is 5.36. The molecule has 21 heavy (non-hydrogen) atoms. The van der Waals surface area contributed by atoms with Crippen molar-refractivity contribution in [1.82, 2.24) is 4.72 Å². The van der Waals surface area contributed by atoms with Crippen LogP contribution in [0.4, 0.5) is 0 Å². The number of thioether (sulfide) groups is 1. The summed E-state index contributed by atoms with van der Waals surface area (Å²) in [7, 11) is -3.63. The number of benzene rings is 1. The Balaban J connectivity index is 3.14. The van der Waals surface area contributed by atoms with Crippen LogP contribution in [0.15, 0.2) is 23.1 Å². The molecule has 0 radical (unpaired) electrons. The Kier molecular flexibility index (Phi) is 6.29. The molecular formula is C15H21NO3S2. The normalized spacial score (nSPS) is 11.9. The maximum absolute atomic E-state index is 12.4. The SMILES string of the molecule is CSC(C)(C)CNS(=O)(=O)c1ccc(C)cc1C#CCO. The molecular weight excluding hydrogens is 306 g/mol. The highest BCUT2D eigenvalue weighted by Crippen LogP contribution is 2.22. The molecule has 0 spiro atoms. The Morgan fingerprint density at radius 2 is 2.05 bits per heavy atom. The molecule has 0 bridgehead atoms. The van der Waals surface area contributed by atoms with Crippen LogP contribution >= 0.6 is 11.8 Å². The first-order valence-corrected chi connectivity index (χ1v) is 9.18. The second-order valence-corrected chi connectivity index (χ2v) is 8.50. The van der Waals surface area contributed by atoms with Gasteiger partial charge < -0.3 is 5.11 Å². The van der Waals surface area contributed by atoms with Crippen molar-refractivity contribution in [3.63, 3.8) is 0 Å². The monoisotopic (exact) mass is 327 g/mol. The van der Waals surface area contributed by atoms with Gasteiger partial charge in [0.25, 0.3) is 0 Å². The second-order valence-electron chi connectivity index (χ2n) is 5.25. The Labute approximate surface area is 131 Å². The Morgan fingerprint density at radius 3 is 2.62 bits per heavy atom. The van der Waals surface area contributed by atoms with Crippen molar-refractivity contribution in [3.8, 4) is 11.8 Å². The zero-order valence-corrected chi connectivity index (χ0v) is 14.4. The molecule has 1 rings (SSSR count). The molecule has 0 saturated heterocycles. The first kappa shape index (κ1) is 18.1. The molecule has 2 N–H and O–H groups in total. The lowest BCUT2D eigenvalue weighted by Gasteiger charge is -2.22. The fraction of sp³-hybridized carbons (Fsp3) is 0.467. The largest absolute Gasteiger partial charge is 0.384 e. The number of aryl methyl sites for hydroxylation is 1. The van der Waals surface area contributed by atoms with Crippen LogP contribution in [0.3, 0.4) is 0 Å². The first-order chi connectivity index (χ1) is 9.72. The molecule has 0 fully saturated rings. The van der Waals surface area contributed by atoms with Crippen LogP contribution in [0, 0.1) is 18.8 Å². The van der Waals surface area contributed by atoms with Gasteiger partial charge in [0, 0.05) is 16.9 Å². The molecule has 1 aromatic carbocycles. The molecule has 0 aliphatic heterocycles. The lowest BCUT2D eigenvalue weighted by Crippen LogP contribution is -2.36.